The van der Waals surface area contributed by atoms with E-state index in [0.29, 0.717) is 11.9 Å². The summed E-state index contributed by atoms with van der Waals surface area (Å²) in [5, 5.41) is 3.28. The largest absolute Gasteiger partial charge is 0.342 e. The van der Waals surface area contributed by atoms with Crippen molar-refractivity contribution in [1.82, 2.24) is 10.2 Å². The van der Waals surface area contributed by atoms with Crippen molar-refractivity contribution in [2.24, 2.45) is 11.3 Å². The summed E-state index contributed by atoms with van der Waals surface area (Å²) in [5.41, 5.74) is -0.155. The Balaban J connectivity index is 1.99. The Bertz CT molecular complexity index is 254. The monoisotopic (exact) mass is 210 g/mol. The average Bonchev–Trinajstić information content (AvgIpc) is 2.98. The van der Waals surface area contributed by atoms with Crippen LogP contribution in [0.25, 0.3) is 0 Å². The smallest absolute Gasteiger partial charge is 0.229 e. The third kappa shape index (κ3) is 2.03. The molecule has 15 heavy (non-hydrogen) atoms. The molecule has 2 fully saturated rings. The predicted octanol–water partition coefficient (Wildman–Crippen LogP) is 1.24. The zero-order chi connectivity index (χ0) is 11.1. The van der Waals surface area contributed by atoms with E-state index in [0.717, 1.165) is 25.4 Å². The molecule has 2 atom stereocenters. The summed E-state index contributed by atoms with van der Waals surface area (Å²) in [6, 6.07) is 0.426. The maximum absolute atomic E-state index is 12.3. The highest BCUT2D eigenvalue weighted by Gasteiger charge is 2.41. The molecule has 0 bridgehead atoms. The van der Waals surface area contributed by atoms with Crippen LogP contribution in [-0.2, 0) is 4.79 Å². The van der Waals surface area contributed by atoms with E-state index in [9.17, 15) is 4.79 Å². The normalized spacial score (nSPS) is 32.7. The van der Waals surface area contributed by atoms with Crippen molar-refractivity contribution in [3.05, 3.63) is 0 Å². The van der Waals surface area contributed by atoms with Gasteiger partial charge in [-0.15, -0.1) is 0 Å². The molecule has 0 aromatic carbocycles. The number of nitrogens with one attached hydrogen (secondary N) is 1. The van der Waals surface area contributed by atoms with Gasteiger partial charge in [-0.2, -0.15) is 0 Å². The van der Waals surface area contributed by atoms with E-state index in [4.69, 9.17) is 0 Å². The van der Waals surface area contributed by atoms with E-state index >= 15 is 0 Å². The first-order valence-electron chi connectivity index (χ1n) is 6.02. The summed E-state index contributed by atoms with van der Waals surface area (Å²) < 4.78 is 0. The van der Waals surface area contributed by atoms with E-state index in [1.165, 1.54) is 12.8 Å². The number of amides is 1. The second-order valence-electron chi connectivity index (χ2n) is 5.48. The van der Waals surface area contributed by atoms with Crippen LogP contribution in [-0.4, -0.2) is 37.0 Å². The summed E-state index contributed by atoms with van der Waals surface area (Å²) in [5.74, 6) is 1.09. The van der Waals surface area contributed by atoms with Crippen molar-refractivity contribution in [2.75, 3.05) is 20.1 Å². The van der Waals surface area contributed by atoms with Gasteiger partial charge in [0.15, 0.2) is 0 Å². The lowest BCUT2D eigenvalue weighted by Gasteiger charge is -2.32. The van der Waals surface area contributed by atoms with Gasteiger partial charge in [-0.1, -0.05) is 0 Å². The van der Waals surface area contributed by atoms with Crippen molar-refractivity contribution in [1.29, 1.82) is 0 Å². The van der Waals surface area contributed by atoms with Crippen molar-refractivity contribution in [3.63, 3.8) is 0 Å². The Labute approximate surface area is 92.2 Å². The molecule has 1 amide bonds. The predicted molar refractivity (Wildman–Crippen MR) is 60.5 cm³/mol. The summed E-state index contributed by atoms with van der Waals surface area (Å²) >= 11 is 0. The molecule has 1 aliphatic carbocycles. The highest BCUT2D eigenvalue weighted by Crippen LogP contribution is 2.36. The Kier molecular flexibility index (Phi) is 2.75. The Morgan fingerprint density at radius 2 is 2.20 bits per heavy atom. The molecule has 2 aliphatic rings. The van der Waals surface area contributed by atoms with E-state index < -0.39 is 0 Å². The number of hydrogen-bond donors (Lipinski definition) is 1. The van der Waals surface area contributed by atoms with Gasteiger partial charge >= 0.3 is 0 Å². The molecule has 2 rings (SSSR count). The lowest BCUT2D eigenvalue weighted by Crippen LogP contribution is -2.46. The van der Waals surface area contributed by atoms with Crippen LogP contribution in [0.5, 0.6) is 0 Å². The van der Waals surface area contributed by atoms with Gasteiger partial charge in [-0.25, -0.2) is 0 Å². The quantitative estimate of drug-likeness (QED) is 0.760. The Morgan fingerprint density at radius 3 is 2.67 bits per heavy atom. The third-order valence-corrected chi connectivity index (χ3v) is 4.12. The fourth-order valence-electron chi connectivity index (χ4n) is 2.51. The highest BCUT2D eigenvalue weighted by atomic mass is 16.2. The van der Waals surface area contributed by atoms with Crippen LogP contribution in [0.4, 0.5) is 0 Å². The van der Waals surface area contributed by atoms with E-state index in [1.807, 2.05) is 11.9 Å². The number of nitrogens with zero attached hydrogens (tertiary/aromatic N) is 1. The standard InChI is InChI=1S/C12H22N2O/c1-9(10-4-5-10)14(3)11(15)12(2)6-7-13-8-12/h9-10,13H,4-8H2,1-3H3. The van der Waals surface area contributed by atoms with Crippen molar-refractivity contribution >= 4 is 5.91 Å². The molecule has 1 heterocycles. The molecule has 0 aromatic rings. The van der Waals surface area contributed by atoms with Gasteiger partial charge in [0.25, 0.3) is 0 Å². The fourth-order valence-corrected chi connectivity index (χ4v) is 2.51. The molecule has 1 saturated carbocycles. The van der Waals surface area contributed by atoms with Gasteiger partial charge in [-0.05, 0) is 45.6 Å². The second kappa shape index (κ2) is 3.78. The Morgan fingerprint density at radius 1 is 1.53 bits per heavy atom. The summed E-state index contributed by atoms with van der Waals surface area (Å²) in [6.45, 7) is 6.09. The first-order chi connectivity index (χ1) is 7.04. The minimum Gasteiger partial charge on any atom is -0.342 e. The number of carbonyl (C=O) groups is 1. The number of hydrogen-bond acceptors (Lipinski definition) is 2. The molecule has 2 unspecified atom stereocenters. The maximum Gasteiger partial charge on any atom is 0.229 e. The van der Waals surface area contributed by atoms with E-state index in [-0.39, 0.29) is 5.41 Å². The molecule has 86 valence electrons. The molecule has 3 heteroatoms. The zero-order valence-electron chi connectivity index (χ0n) is 10.0. The molecular formula is C12H22N2O. The number of rotatable bonds is 3. The third-order valence-electron chi connectivity index (χ3n) is 4.12. The van der Waals surface area contributed by atoms with Gasteiger partial charge in [0.05, 0.1) is 5.41 Å². The lowest BCUT2D eigenvalue weighted by atomic mass is 9.87. The molecule has 0 spiro atoms. The molecule has 3 nitrogen and oxygen atoms in total. The molecule has 1 N–H and O–H groups in total. The molecule has 1 aliphatic heterocycles. The minimum absolute atomic E-state index is 0.155. The first kappa shape index (κ1) is 10.9. The van der Waals surface area contributed by atoms with Crippen LogP contribution >= 0.6 is 0 Å². The van der Waals surface area contributed by atoms with E-state index in [2.05, 4.69) is 19.2 Å². The fraction of sp³-hybridized carbons (Fsp3) is 0.917. The van der Waals surface area contributed by atoms with E-state index in [1.54, 1.807) is 0 Å². The topological polar surface area (TPSA) is 32.3 Å². The zero-order valence-corrected chi connectivity index (χ0v) is 10.0. The first-order valence-corrected chi connectivity index (χ1v) is 6.02. The minimum atomic E-state index is -0.155. The highest BCUT2D eigenvalue weighted by molar-refractivity contribution is 5.83. The van der Waals surface area contributed by atoms with Crippen LogP contribution in [0.2, 0.25) is 0 Å². The van der Waals surface area contributed by atoms with Gasteiger partial charge in [-0.3, -0.25) is 4.79 Å². The number of carbonyl (C=O) groups excluding carboxylic acids is 1. The van der Waals surface area contributed by atoms with Crippen molar-refractivity contribution in [2.45, 2.75) is 39.2 Å². The molecule has 0 aromatic heterocycles. The van der Waals surface area contributed by atoms with Crippen LogP contribution in [0.1, 0.15) is 33.1 Å². The SMILES string of the molecule is CC(C1CC1)N(C)C(=O)C1(C)CCNC1. The van der Waals surface area contributed by atoms with Crippen molar-refractivity contribution in [3.8, 4) is 0 Å². The average molecular weight is 210 g/mol. The van der Waals surface area contributed by atoms with Gasteiger partial charge in [0.2, 0.25) is 5.91 Å². The Hall–Kier alpha value is -0.570. The van der Waals surface area contributed by atoms with Crippen LogP contribution in [0, 0.1) is 11.3 Å². The molecular weight excluding hydrogens is 188 g/mol. The summed E-state index contributed by atoms with van der Waals surface area (Å²) in [7, 11) is 1.97. The van der Waals surface area contributed by atoms with Crippen LogP contribution in [0.15, 0.2) is 0 Å². The van der Waals surface area contributed by atoms with Crippen LogP contribution < -0.4 is 5.32 Å². The maximum atomic E-state index is 12.3. The molecule has 1 saturated heterocycles. The van der Waals surface area contributed by atoms with Gasteiger partial charge < -0.3 is 10.2 Å². The summed E-state index contributed by atoms with van der Waals surface area (Å²) in [4.78, 5) is 14.3. The summed E-state index contributed by atoms with van der Waals surface area (Å²) in [6.07, 6.45) is 3.58. The van der Waals surface area contributed by atoms with Crippen molar-refractivity contribution < 1.29 is 4.79 Å². The molecule has 0 radical (unpaired) electrons. The lowest BCUT2D eigenvalue weighted by molar-refractivity contribution is -0.141. The van der Waals surface area contributed by atoms with Gasteiger partial charge in [0.1, 0.15) is 0 Å². The van der Waals surface area contributed by atoms with Gasteiger partial charge in [0, 0.05) is 19.6 Å². The second-order valence-corrected chi connectivity index (χ2v) is 5.48. The van der Waals surface area contributed by atoms with Crippen LogP contribution in [0.3, 0.4) is 0 Å².